The molecular weight excluding hydrogens is 188 g/mol. The SMILES string of the molecule is C#CC(C)/C(=C\C(=C\CC)CC)SC. The third-order valence-corrected chi connectivity index (χ3v) is 3.06. The molecule has 0 aromatic rings. The maximum absolute atomic E-state index is 5.42. The summed E-state index contributed by atoms with van der Waals surface area (Å²) in [6.07, 6.45) is 14.2. The Kier molecular flexibility index (Phi) is 7.42. The minimum absolute atomic E-state index is 0.233. The van der Waals surface area contributed by atoms with Gasteiger partial charge in [-0.05, 0) is 37.0 Å². The van der Waals surface area contributed by atoms with Crippen molar-refractivity contribution in [2.45, 2.75) is 33.6 Å². The van der Waals surface area contributed by atoms with Crippen LogP contribution in [0.3, 0.4) is 0 Å². The molecule has 0 saturated carbocycles. The quantitative estimate of drug-likeness (QED) is 0.481. The molecule has 1 atom stereocenters. The molecule has 0 fully saturated rings. The van der Waals surface area contributed by atoms with Crippen molar-refractivity contribution in [3.8, 4) is 12.3 Å². The van der Waals surface area contributed by atoms with E-state index in [0.29, 0.717) is 0 Å². The molecule has 0 N–H and O–H groups in total. The summed E-state index contributed by atoms with van der Waals surface area (Å²) in [6, 6.07) is 0. The van der Waals surface area contributed by atoms with E-state index in [4.69, 9.17) is 6.42 Å². The van der Waals surface area contributed by atoms with Crippen LogP contribution in [0.2, 0.25) is 0 Å². The molecule has 0 aromatic heterocycles. The van der Waals surface area contributed by atoms with Gasteiger partial charge in [0, 0.05) is 5.92 Å². The summed E-state index contributed by atoms with van der Waals surface area (Å²) in [6.45, 7) is 6.41. The third kappa shape index (κ3) is 4.58. The molecule has 0 radical (unpaired) electrons. The largest absolute Gasteiger partial charge is 0.133 e. The molecule has 1 unspecified atom stereocenters. The molecule has 0 aromatic carbocycles. The predicted octanol–water partition coefficient (Wildman–Crippen LogP) is 4.25. The Morgan fingerprint density at radius 2 is 2.14 bits per heavy atom. The van der Waals surface area contributed by atoms with E-state index in [-0.39, 0.29) is 5.92 Å². The lowest BCUT2D eigenvalue weighted by molar-refractivity contribution is 0.955. The molecular formula is C13H20S. The van der Waals surface area contributed by atoms with Gasteiger partial charge in [0.15, 0.2) is 0 Å². The maximum atomic E-state index is 5.42. The Morgan fingerprint density at radius 3 is 2.50 bits per heavy atom. The first-order valence-electron chi connectivity index (χ1n) is 5.10. The van der Waals surface area contributed by atoms with E-state index >= 15 is 0 Å². The summed E-state index contributed by atoms with van der Waals surface area (Å²) in [5.41, 5.74) is 1.39. The van der Waals surface area contributed by atoms with Gasteiger partial charge >= 0.3 is 0 Å². The highest BCUT2D eigenvalue weighted by Gasteiger charge is 2.04. The van der Waals surface area contributed by atoms with Crippen LogP contribution < -0.4 is 0 Å². The molecule has 78 valence electrons. The molecule has 0 aliphatic heterocycles. The number of hydrogen-bond acceptors (Lipinski definition) is 1. The zero-order valence-corrected chi connectivity index (χ0v) is 10.4. The number of allylic oxidation sites excluding steroid dienone is 4. The van der Waals surface area contributed by atoms with Crippen molar-refractivity contribution in [1.82, 2.24) is 0 Å². The smallest absolute Gasteiger partial charge is 0.0481 e. The highest BCUT2D eigenvalue weighted by atomic mass is 32.2. The standard InChI is InChI=1S/C13H20S/c1-6-9-12(8-3)10-13(14-5)11(4)7-2/h2,9-11H,6,8H2,1,3-5H3/b12-9+,13-10+. The number of hydrogen-bond donors (Lipinski definition) is 0. The summed E-state index contributed by atoms with van der Waals surface area (Å²) >= 11 is 1.75. The van der Waals surface area contributed by atoms with Gasteiger partial charge in [0.05, 0.1) is 0 Å². The fourth-order valence-corrected chi connectivity index (χ4v) is 1.88. The van der Waals surface area contributed by atoms with Crippen LogP contribution in [0.15, 0.2) is 22.6 Å². The molecule has 0 saturated heterocycles. The van der Waals surface area contributed by atoms with Gasteiger partial charge in [0.25, 0.3) is 0 Å². The fourth-order valence-electron chi connectivity index (χ4n) is 1.19. The van der Waals surface area contributed by atoms with E-state index in [9.17, 15) is 0 Å². The molecule has 0 amide bonds. The zero-order valence-electron chi connectivity index (χ0n) is 9.63. The minimum Gasteiger partial charge on any atom is -0.133 e. The molecule has 0 rings (SSSR count). The van der Waals surface area contributed by atoms with Crippen molar-refractivity contribution in [2.24, 2.45) is 5.92 Å². The molecule has 0 aliphatic rings. The van der Waals surface area contributed by atoms with Crippen LogP contribution >= 0.6 is 11.8 Å². The molecule has 0 bridgehead atoms. The lowest BCUT2D eigenvalue weighted by Gasteiger charge is -2.08. The van der Waals surface area contributed by atoms with Gasteiger partial charge in [0.1, 0.15) is 0 Å². The van der Waals surface area contributed by atoms with Crippen molar-refractivity contribution in [1.29, 1.82) is 0 Å². The second kappa shape index (κ2) is 7.76. The fraction of sp³-hybridized carbons (Fsp3) is 0.538. The van der Waals surface area contributed by atoms with E-state index < -0.39 is 0 Å². The van der Waals surface area contributed by atoms with E-state index in [1.165, 1.54) is 10.5 Å². The summed E-state index contributed by atoms with van der Waals surface area (Å²) in [5.74, 6) is 3.00. The van der Waals surface area contributed by atoms with Gasteiger partial charge in [0.2, 0.25) is 0 Å². The Hall–Kier alpha value is -0.610. The van der Waals surface area contributed by atoms with Gasteiger partial charge in [-0.1, -0.05) is 31.4 Å². The van der Waals surface area contributed by atoms with Crippen LogP contribution in [0.5, 0.6) is 0 Å². The van der Waals surface area contributed by atoms with Crippen LogP contribution in [0.25, 0.3) is 0 Å². The predicted molar refractivity (Wildman–Crippen MR) is 68.3 cm³/mol. The summed E-state index contributed by atoms with van der Waals surface area (Å²) in [5, 5.41) is 0. The third-order valence-electron chi connectivity index (χ3n) is 2.11. The first-order chi connectivity index (χ1) is 6.69. The Labute approximate surface area is 92.9 Å². The van der Waals surface area contributed by atoms with Crippen molar-refractivity contribution in [3.63, 3.8) is 0 Å². The maximum Gasteiger partial charge on any atom is 0.0481 e. The average Bonchev–Trinajstić information content (AvgIpc) is 2.23. The lowest BCUT2D eigenvalue weighted by Crippen LogP contribution is -1.92. The average molecular weight is 208 g/mol. The molecule has 1 heteroatoms. The molecule has 0 heterocycles. The van der Waals surface area contributed by atoms with Crippen molar-refractivity contribution in [3.05, 3.63) is 22.6 Å². The van der Waals surface area contributed by atoms with Crippen molar-refractivity contribution in [2.75, 3.05) is 6.26 Å². The van der Waals surface area contributed by atoms with Crippen LogP contribution in [0.1, 0.15) is 33.6 Å². The summed E-state index contributed by atoms with van der Waals surface area (Å²) in [4.78, 5) is 1.29. The van der Waals surface area contributed by atoms with Crippen molar-refractivity contribution >= 4 is 11.8 Å². The van der Waals surface area contributed by atoms with E-state index in [2.05, 4.69) is 45.1 Å². The van der Waals surface area contributed by atoms with Crippen molar-refractivity contribution < 1.29 is 0 Å². The monoisotopic (exact) mass is 208 g/mol. The first kappa shape index (κ1) is 13.4. The van der Waals surface area contributed by atoms with E-state index in [1.807, 2.05) is 0 Å². The first-order valence-corrected chi connectivity index (χ1v) is 6.32. The van der Waals surface area contributed by atoms with Crippen LogP contribution in [0.4, 0.5) is 0 Å². The van der Waals surface area contributed by atoms with Gasteiger partial charge in [-0.3, -0.25) is 0 Å². The van der Waals surface area contributed by atoms with Gasteiger partial charge < -0.3 is 0 Å². The minimum atomic E-state index is 0.233. The van der Waals surface area contributed by atoms with Gasteiger partial charge in [-0.25, -0.2) is 0 Å². The van der Waals surface area contributed by atoms with Gasteiger partial charge in [-0.2, -0.15) is 0 Å². The Bertz CT molecular complexity index is 253. The molecule has 14 heavy (non-hydrogen) atoms. The van der Waals surface area contributed by atoms with Gasteiger partial charge in [-0.15, -0.1) is 18.2 Å². The number of thioether (sulfide) groups is 1. The second-order valence-corrected chi connectivity index (χ2v) is 4.06. The normalized spacial score (nSPS) is 15.1. The van der Waals surface area contributed by atoms with E-state index in [0.717, 1.165) is 12.8 Å². The second-order valence-electron chi connectivity index (χ2n) is 3.18. The van der Waals surface area contributed by atoms with E-state index in [1.54, 1.807) is 11.8 Å². The number of terminal acetylenes is 1. The topological polar surface area (TPSA) is 0 Å². The highest BCUT2D eigenvalue weighted by Crippen LogP contribution is 2.23. The van der Waals surface area contributed by atoms with Crippen LogP contribution in [0, 0.1) is 18.3 Å². The molecule has 0 aliphatic carbocycles. The highest BCUT2D eigenvalue weighted by molar-refractivity contribution is 8.02. The molecule has 0 nitrogen and oxygen atoms in total. The zero-order chi connectivity index (χ0) is 11.0. The van der Waals surface area contributed by atoms with Crippen LogP contribution in [-0.2, 0) is 0 Å². The number of rotatable bonds is 5. The summed E-state index contributed by atoms with van der Waals surface area (Å²) < 4.78 is 0. The summed E-state index contributed by atoms with van der Waals surface area (Å²) in [7, 11) is 0. The Balaban J connectivity index is 4.73. The van der Waals surface area contributed by atoms with Crippen LogP contribution in [-0.4, -0.2) is 6.26 Å². The molecule has 0 spiro atoms. The lowest BCUT2D eigenvalue weighted by atomic mass is 10.1. The Morgan fingerprint density at radius 1 is 1.50 bits per heavy atom.